The number of hydrogen-bond acceptors (Lipinski definition) is 3. The van der Waals surface area contributed by atoms with Gasteiger partial charge in [0.15, 0.2) is 9.84 Å². The van der Waals surface area contributed by atoms with Crippen molar-refractivity contribution >= 4 is 27.3 Å². The number of benzene rings is 2. The predicted molar refractivity (Wildman–Crippen MR) is 96.3 cm³/mol. The van der Waals surface area contributed by atoms with Gasteiger partial charge in [0.1, 0.15) is 0 Å². The lowest BCUT2D eigenvalue weighted by molar-refractivity contribution is 0.0951. The van der Waals surface area contributed by atoms with Crippen LogP contribution < -0.4 is 5.32 Å². The van der Waals surface area contributed by atoms with Crippen LogP contribution in [0.2, 0.25) is 5.02 Å². The van der Waals surface area contributed by atoms with Crippen molar-refractivity contribution in [3.05, 3.63) is 64.7 Å². The van der Waals surface area contributed by atoms with Crippen LogP contribution in [0.1, 0.15) is 29.3 Å². The van der Waals surface area contributed by atoms with E-state index in [1.807, 2.05) is 12.1 Å². The molecule has 0 saturated heterocycles. The summed E-state index contributed by atoms with van der Waals surface area (Å²) in [5.74, 6) is -0.346. The van der Waals surface area contributed by atoms with Crippen LogP contribution in [-0.4, -0.2) is 26.6 Å². The molecule has 0 aliphatic rings. The van der Waals surface area contributed by atoms with Crippen molar-refractivity contribution in [2.24, 2.45) is 0 Å². The molecule has 2 aromatic rings. The van der Waals surface area contributed by atoms with Crippen molar-refractivity contribution in [2.75, 3.05) is 12.3 Å². The summed E-state index contributed by atoms with van der Waals surface area (Å²) in [5, 5.41) is 3.44. The maximum Gasteiger partial charge on any atom is 0.252 e. The summed E-state index contributed by atoms with van der Waals surface area (Å²) in [6.45, 7) is 2.22. The molecule has 0 heterocycles. The lowest BCUT2D eigenvalue weighted by atomic mass is 10.1. The summed E-state index contributed by atoms with van der Waals surface area (Å²) in [6.07, 6.45) is 1.15. The minimum atomic E-state index is -3.44. The molecule has 0 saturated carbocycles. The summed E-state index contributed by atoms with van der Waals surface area (Å²) in [5.41, 5.74) is 1.24. The fourth-order valence-corrected chi connectivity index (χ4v) is 4.04. The number of halogens is 1. The molecule has 4 nitrogen and oxygen atoms in total. The molecule has 0 aromatic heterocycles. The Morgan fingerprint density at radius 1 is 1.08 bits per heavy atom. The highest BCUT2D eigenvalue weighted by Crippen LogP contribution is 2.18. The van der Waals surface area contributed by atoms with Crippen molar-refractivity contribution in [1.82, 2.24) is 5.32 Å². The summed E-state index contributed by atoms with van der Waals surface area (Å²) in [4.78, 5) is 12.5. The van der Waals surface area contributed by atoms with Gasteiger partial charge >= 0.3 is 0 Å². The molecule has 128 valence electrons. The minimum absolute atomic E-state index is 0.0298. The maximum absolute atomic E-state index is 12.4. The zero-order chi connectivity index (χ0) is 17.6. The van der Waals surface area contributed by atoms with Gasteiger partial charge in [-0.15, -0.1) is 0 Å². The van der Waals surface area contributed by atoms with Gasteiger partial charge < -0.3 is 5.32 Å². The second kappa shape index (κ2) is 8.31. The molecule has 0 aliphatic carbocycles. The van der Waals surface area contributed by atoms with Gasteiger partial charge in [-0.05, 0) is 42.7 Å². The Balaban J connectivity index is 2.06. The Labute approximate surface area is 147 Å². The van der Waals surface area contributed by atoms with Crippen molar-refractivity contribution in [2.45, 2.75) is 24.7 Å². The van der Waals surface area contributed by atoms with Gasteiger partial charge in [-0.2, -0.15) is 0 Å². The first-order chi connectivity index (χ1) is 11.4. The smallest absolute Gasteiger partial charge is 0.252 e. The van der Waals surface area contributed by atoms with Gasteiger partial charge in [0.05, 0.1) is 16.2 Å². The van der Waals surface area contributed by atoms with E-state index >= 15 is 0 Å². The van der Waals surface area contributed by atoms with Crippen LogP contribution >= 0.6 is 11.6 Å². The summed E-state index contributed by atoms with van der Waals surface area (Å²) >= 11 is 5.84. The second-order valence-corrected chi connectivity index (χ2v) is 7.96. The highest BCUT2D eigenvalue weighted by atomic mass is 35.5. The fourth-order valence-electron chi connectivity index (χ4n) is 2.37. The molecule has 1 amide bonds. The molecular weight excluding hydrogens is 346 g/mol. The van der Waals surface area contributed by atoms with Crippen molar-refractivity contribution in [1.29, 1.82) is 0 Å². The van der Waals surface area contributed by atoms with Crippen LogP contribution in [0.5, 0.6) is 0 Å². The van der Waals surface area contributed by atoms with E-state index in [1.165, 1.54) is 6.07 Å². The van der Waals surface area contributed by atoms with Gasteiger partial charge in [-0.25, -0.2) is 8.42 Å². The molecule has 0 atom stereocenters. The first kappa shape index (κ1) is 18.5. The average Bonchev–Trinajstić information content (AvgIpc) is 2.56. The van der Waals surface area contributed by atoms with E-state index in [0.29, 0.717) is 24.4 Å². The third-order valence-electron chi connectivity index (χ3n) is 3.55. The van der Waals surface area contributed by atoms with E-state index in [2.05, 4.69) is 5.32 Å². The van der Waals surface area contributed by atoms with E-state index in [1.54, 1.807) is 37.3 Å². The highest BCUT2D eigenvalue weighted by molar-refractivity contribution is 7.91. The van der Waals surface area contributed by atoms with Gasteiger partial charge in [0.25, 0.3) is 5.91 Å². The predicted octanol–water partition coefficient (Wildman–Crippen LogP) is 3.50. The van der Waals surface area contributed by atoms with Crippen LogP contribution in [0.3, 0.4) is 0 Å². The molecule has 0 unspecified atom stereocenters. The Morgan fingerprint density at radius 2 is 1.75 bits per heavy atom. The molecule has 2 rings (SSSR count). The SMILES string of the molecule is CCCS(=O)(=O)c1ccccc1C(=O)NCCc1ccc(Cl)cc1. The molecule has 0 fully saturated rings. The van der Waals surface area contributed by atoms with Gasteiger partial charge in [0.2, 0.25) is 0 Å². The van der Waals surface area contributed by atoms with E-state index in [-0.39, 0.29) is 22.1 Å². The van der Waals surface area contributed by atoms with Crippen molar-refractivity contribution < 1.29 is 13.2 Å². The first-order valence-corrected chi connectivity index (χ1v) is 9.81. The topological polar surface area (TPSA) is 63.2 Å². The molecule has 0 spiro atoms. The summed E-state index contributed by atoms with van der Waals surface area (Å²) < 4.78 is 24.6. The second-order valence-electron chi connectivity index (χ2n) is 5.45. The van der Waals surface area contributed by atoms with Crippen LogP contribution in [0.15, 0.2) is 53.4 Å². The molecule has 0 radical (unpaired) electrons. The lowest BCUT2D eigenvalue weighted by Gasteiger charge is -2.10. The Bertz CT molecular complexity index is 801. The maximum atomic E-state index is 12.4. The number of sulfone groups is 1. The lowest BCUT2D eigenvalue weighted by Crippen LogP contribution is -2.27. The van der Waals surface area contributed by atoms with Crippen LogP contribution in [0.25, 0.3) is 0 Å². The average molecular weight is 366 g/mol. The molecule has 0 bridgehead atoms. The van der Waals surface area contributed by atoms with Crippen molar-refractivity contribution in [3.8, 4) is 0 Å². The Hall–Kier alpha value is -1.85. The van der Waals surface area contributed by atoms with Gasteiger partial charge in [-0.3, -0.25) is 4.79 Å². The molecule has 1 N–H and O–H groups in total. The zero-order valence-corrected chi connectivity index (χ0v) is 15.0. The molecule has 2 aromatic carbocycles. The van der Waals surface area contributed by atoms with E-state index in [0.717, 1.165) is 5.56 Å². The van der Waals surface area contributed by atoms with Crippen LogP contribution in [0, 0.1) is 0 Å². The largest absolute Gasteiger partial charge is 0.352 e. The van der Waals surface area contributed by atoms with Crippen LogP contribution in [-0.2, 0) is 16.3 Å². The highest BCUT2D eigenvalue weighted by Gasteiger charge is 2.21. The van der Waals surface area contributed by atoms with E-state index in [9.17, 15) is 13.2 Å². The number of hydrogen-bond donors (Lipinski definition) is 1. The standard InChI is InChI=1S/C18H20ClNO3S/c1-2-13-24(22,23)17-6-4-3-5-16(17)18(21)20-12-11-14-7-9-15(19)10-8-14/h3-10H,2,11-13H2,1H3,(H,20,21). The van der Waals surface area contributed by atoms with E-state index < -0.39 is 9.84 Å². The van der Waals surface area contributed by atoms with Crippen molar-refractivity contribution in [3.63, 3.8) is 0 Å². The number of amides is 1. The Morgan fingerprint density at radius 3 is 2.42 bits per heavy atom. The Kier molecular flexibility index (Phi) is 6.40. The third kappa shape index (κ3) is 4.82. The molecular formula is C18H20ClNO3S. The van der Waals surface area contributed by atoms with Gasteiger partial charge in [-0.1, -0.05) is 42.8 Å². The normalized spacial score (nSPS) is 11.2. The molecule has 0 aliphatic heterocycles. The van der Waals surface area contributed by atoms with E-state index in [4.69, 9.17) is 11.6 Å². The number of nitrogens with one attached hydrogen (secondary N) is 1. The molecule has 24 heavy (non-hydrogen) atoms. The number of carbonyl (C=O) groups excluding carboxylic acids is 1. The monoisotopic (exact) mass is 365 g/mol. The fraction of sp³-hybridized carbons (Fsp3) is 0.278. The van der Waals surface area contributed by atoms with Gasteiger partial charge in [0, 0.05) is 11.6 Å². The summed E-state index contributed by atoms with van der Waals surface area (Å²) in [7, 11) is -3.44. The third-order valence-corrected chi connectivity index (χ3v) is 5.78. The first-order valence-electron chi connectivity index (χ1n) is 7.78. The number of rotatable bonds is 7. The quantitative estimate of drug-likeness (QED) is 0.816. The van der Waals surface area contributed by atoms with Crippen LogP contribution in [0.4, 0.5) is 0 Å². The summed E-state index contributed by atoms with van der Waals surface area (Å²) in [6, 6.07) is 13.7. The minimum Gasteiger partial charge on any atom is -0.352 e. The molecule has 6 heteroatoms. The zero-order valence-electron chi connectivity index (χ0n) is 13.5. The number of carbonyl (C=O) groups is 1.